The zero-order valence-electron chi connectivity index (χ0n) is 11.6. The highest BCUT2D eigenvalue weighted by atomic mass is 16.1. The van der Waals surface area contributed by atoms with Gasteiger partial charge in [-0.15, -0.1) is 0 Å². The summed E-state index contributed by atoms with van der Waals surface area (Å²) >= 11 is 0. The third-order valence-corrected chi connectivity index (χ3v) is 2.95. The van der Waals surface area contributed by atoms with Crippen molar-refractivity contribution in [3.63, 3.8) is 0 Å². The van der Waals surface area contributed by atoms with Crippen LogP contribution in [0.25, 0.3) is 0 Å². The molecule has 0 bridgehead atoms. The average Bonchev–Trinajstić information content (AvgIpc) is 2.54. The number of aryl methyl sites for hydroxylation is 1. The van der Waals surface area contributed by atoms with E-state index in [2.05, 4.69) is 15.7 Å². The van der Waals surface area contributed by atoms with Crippen molar-refractivity contribution < 1.29 is 4.79 Å². The van der Waals surface area contributed by atoms with E-state index in [1.54, 1.807) is 36.4 Å². The Morgan fingerprint density at radius 3 is 2.81 bits per heavy atom. The van der Waals surface area contributed by atoms with Gasteiger partial charge in [-0.25, -0.2) is 10.8 Å². The SMILES string of the molecule is CCc1cc(C(=O)Nc2ccccc2C#N)cc(NN)n1. The number of anilines is 2. The molecule has 0 spiro atoms. The van der Waals surface area contributed by atoms with Crippen molar-refractivity contribution >= 4 is 17.4 Å². The molecule has 1 heterocycles. The number of carbonyl (C=O) groups is 1. The van der Waals surface area contributed by atoms with Gasteiger partial charge in [0.25, 0.3) is 5.91 Å². The number of nitriles is 1. The maximum Gasteiger partial charge on any atom is 0.255 e. The smallest absolute Gasteiger partial charge is 0.255 e. The fourth-order valence-electron chi connectivity index (χ4n) is 1.86. The quantitative estimate of drug-likeness (QED) is 0.587. The Hall–Kier alpha value is -2.91. The van der Waals surface area contributed by atoms with Gasteiger partial charge in [0, 0.05) is 11.3 Å². The molecule has 0 aliphatic heterocycles. The van der Waals surface area contributed by atoms with Crippen molar-refractivity contribution in [1.29, 1.82) is 5.26 Å². The van der Waals surface area contributed by atoms with Crippen LogP contribution in [0.3, 0.4) is 0 Å². The first-order chi connectivity index (χ1) is 10.2. The Labute approximate surface area is 122 Å². The van der Waals surface area contributed by atoms with Crippen LogP contribution in [-0.4, -0.2) is 10.9 Å². The normalized spacial score (nSPS) is 9.76. The van der Waals surface area contributed by atoms with Crippen molar-refractivity contribution in [1.82, 2.24) is 4.98 Å². The van der Waals surface area contributed by atoms with Gasteiger partial charge in [0.2, 0.25) is 0 Å². The molecule has 0 saturated heterocycles. The molecule has 4 N–H and O–H groups in total. The number of pyridine rings is 1. The molecule has 1 amide bonds. The summed E-state index contributed by atoms with van der Waals surface area (Å²) in [6, 6.07) is 12.1. The first-order valence-electron chi connectivity index (χ1n) is 6.46. The number of nitrogens with zero attached hydrogens (tertiary/aromatic N) is 2. The molecule has 0 radical (unpaired) electrons. The van der Waals surface area contributed by atoms with Gasteiger partial charge >= 0.3 is 0 Å². The van der Waals surface area contributed by atoms with Crippen LogP contribution in [0.4, 0.5) is 11.5 Å². The third kappa shape index (κ3) is 3.35. The first kappa shape index (κ1) is 14.5. The number of aromatic nitrogens is 1. The molecule has 0 unspecified atom stereocenters. The summed E-state index contributed by atoms with van der Waals surface area (Å²) < 4.78 is 0. The highest BCUT2D eigenvalue weighted by molar-refractivity contribution is 6.05. The van der Waals surface area contributed by atoms with Crippen LogP contribution in [0.15, 0.2) is 36.4 Å². The van der Waals surface area contributed by atoms with E-state index in [4.69, 9.17) is 11.1 Å². The van der Waals surface area contributed by atoms with E-state index in [0.29, 0.717) is 29.1 Å². The van der Waals surface area contributed by atoms with Crippen molar-refractivity contribution in [2.24, 2.45) is 5.84 Å². The van der Waals surface area contributed by atoms with Crippen molar-refractivity contribution in [2.45, 2.75) is 13.3 Å². The fourth-order valence-corrected chi connectivity index (χ4v) is 1.86. The second-order valence-electron chi connectivity index (χ2n) is 4.34. The van der Waals surface area contributed by atoms with Gasteiger partial charge in [-0.3, -0.25) is 4.79 Å². The lowest BCUT2D eigenvalue weighted by Crippen LogP contribution is -2.16. The largest absolute Gasteiger partial charge is 0.321 e. The van der Waals surface area contributed by atoms with Gasteiger partial charge in [-0.2, -0.15) is 5.26 Å². The number of hydrazine groups is 1. The van der Waals surface area contributed by atoms with Crippen molar-refractivity contribution in [3.05, 3.63) is 53.2 Å². The van der Waals surface area contributed by atoms with Crippen molar-refractivity contribution in [3.8, 4) is 6.07 Å². The van der Waals surface area contributed by atoms with Crippen molar-refractivity contribution in [2.75, 3.05) is 10.7 Å². The van der Waals surface area contributed by atoms with Crippen LogP contribution in [0, 0.1) is 11.3 Å². The van der Waals surface area contributed by atoms with Crippen LogP contribution in [0.1, 0.15) is 28.5 Å². The average molecular weight is 281 g/mol. The van der Waals surface area contributed by atoms with Crippen LogP contribution in [-0.2, 0) is 6.42 Å². The Kier molecular flexibility index (Phi) is 4.49. The number of hydrogen-bond donors (Lipinski definition) is 3. The molecule has 0 saturated carbocycles. The summed E-state index contributed by atoms with van der Waals surface area (Å²) in [4.78, 5) is 16.5. The second-order valence-corrected chi connectivity index (χ2v) is 4.34. The lowest BCUT2D eigenvalue weighted by Gasteiger charge is -2.09. The molecule has 2 aromatic rings. The minimum absolute atomic E-state index is 0.314. The fraction of sp³-hybridized carbons (Fsp3) is 0.133. The molecule has 6 nitrogen and oxygen atoms in total. The Morgan fingerprint density at radius 2 is 2.14 bits per heavy atom. The van der Waals surface area contributed by atoms with Gasteiger partial charge in [0.1, 0.15) is 11.9 Å². The summed E-state index contributed by atoms with van der Waals surface area (Å²) in [5.41, 5.74) is 4.51. The lowest BCUT2D eigenvalue weighted by molar-refractivity contribution is 0.102. The molecular formula is C15H15N5O. The summed E-state index contributed by atoms with van der Waals surface area (Å²) in [5.74, 6) is 5.46. The number of amides is 1. The number of carbonyl (C=O) groups excluding carboxylic acids is 1. The Morgan fingerprint density at radius 1 is 1.38 bits per heavy atom. The van der Waals surface area contributed by atoms with Crippen LogP contribution in [0.5, 0.6) is 0 Å². The third-order valence-electron chi connectivity index (χ3n) is 2.95. The molecule has 0 atom stereocenters. The minimum atomic E-state index is -0.314. The molecule has 0 fully saturated rings. The molecular weight excluding hydrogens is 266 g/mol. The number of rotatable bonds is 4. The molecule has 0 aliphatic rings. The summed E-state index contributed by atoms with van der Waals surface area (Å²) in [6.45, 7) is 1.94. The molecule has 2 rings (SSSR count). The predicted octanol–water partition coefficient (Wildman–Crippen LogP) is 2.05. The number of hydrogen-bond acceptors (Lipinski definition) is 5. The topological polar surface area (TPSA) is 104 Å². The van der Waals surface area contributed by atoms with Gasteiger partial charge in [-0.05, 0) is 30.7 Å². The molecule has 1 aromatic heterocycles. The van der Waals surface area contributed by atoms with E-state index < -0.39 is 0 Å². The van der Waals surface area contributed by atoms with E-state index in [1.165, 1.54) is 0 Å². The minimum Gasteiger partial charge on any atom is -0.321 e. The van der Waals surface area contributed by atoms with E-state index in [0.717, 1.165) is 5.69 Å². The zero-order valence-corrected chi connectivity index (χ0v) is 11.6. The number of para-hydroxylation sites is 1. The first-order valence-corrected chi connectivity index (χ1v) is 6.46. The van der Waals surface area contributed by atoms with Crippen LogP contribution < -0.4 is 16.6 Å². The number of nitrogens with two attached hydrogens (primary N) is 1. The summed E-state index contributed by atoms with van der Waals surface area (Å²) in [6.07, 6.45) is 0.685. The standard InChI is InChI=1S/C15H15N5O/c1-2-12-7-11(8-14(18-12)20-17)15(21)19-13-6-4-3-5-10(13)9-16/h3-8H,2,17H2,1H3,(H,18,20)(H,19,21). The van der Waals surface area contributed by atoms with Crippen LogP contribution >= 0.6 is 0 Å². The van der Waals surface area contributed by atoms with E-state index >= 15 is 0 Å². The van der Waals surface area contributed by atoms with E-state index in [9.17, 15) is 4.79 Å². The molecule has 21 heavy (non-hydrogen) atoms. The van der Waals surface area contributed by atoms with Gasteiger partial charge in [-0.1, -0.05) is 19.1 Å². The monoisotopic (exact) mass is 281 g/mol. The van der Waals surface area contributed by atoms with Crippen LogP contribution in [0.2, 0.25) is 0 Å². The van der Waals surface area contributed by atoms with Gasteiger partial charge < -0.3 is 10.7 Å². The molecule has 1 aromatic carbocycles. The second kappa shape index (κ2) is 6.50. The Balaban J connectivity index is 2.30. The lowest BCUT2D eigenvalue weighted by atomic mass is 10.1. The van der Waals surface area contributed by atoms with E-state index in [1.807, 2.05) is 13.0 Å². The number of nitrogen functional groups attached to an aromatic ring is 1. The van der Waals surface area contributed by atoms with Gasteiger partial charge in [0.15, 0.2) is 0 Å². The summed E-state index contributed by atoms with van der Waals surface area (Å²) in [5, 5.41) is 11.8. The number of benzene rings is 1. The predicted molar refractivity (Wildman–Crippen MR) is 80.5 cm³/mol. The summed E-state index contributed by atoms with van der Waals surface area (Å²) in [7, 11) is 0. The highest BCUT2D eigenvalue weighted by Crippen LogP contribution is 2.16. The highest BCUT2D eigenvalue weighted by Gasteiger charge is 2.11. The molecule has 106 valence electrons. The van der Waals surface area contributed by atoms with E-state index in [-0.39, 0.29) is 5.91 Å². The molecule has 0 aliphatic carbocycles. The maximum atomic E-state index is 12.3. The maximum absolute atomic E-state index is 12.3. The number of nitrogens with one attached hydrogen (secondary N) is 2. The zero-order chi connectivity index (χ0) is 15.2. The molecule has 6 heteroatoms. The Bertz CT molecular complexity index is 683. The van der Waals surface area contributed by atoms with Gasteiger partial charge in [0.05, 0.1) is 11.3 Å².